The molecule has 0 atom stereocenters. The van der Waals surface area contributed by atoms with E-state index in [4.69, 9.17) is 0 Å². The Morgan fingerprint density at radius 1 is 1.52 bits per heavy atom. The number of fused-ring (bicyclic) bond motifs is 1. The maximum absolute atomic E-state index is 12.1. The maximum Gasteiger partial charge on any atom is 0.275 e. The zero-order valence-electron chi connectivity index (χ0n) is 12.2. The van der Waals surface area contributed by atoms with Crippen LogP contribution in [0, 0.1) is 0 Å². The number of rotatable bonds is 6. The van der Waals surface area contributed by atoms with Crippen LogP contribution in [0.4, 0.5) is 5.13 Å². The van der Waals surface area contributed by atoms with Crippen molar-refractivity contribution in [3.63, 3.8) is 0 Å². The monoisotopic (exact) mass is 308 g/mol. The minimum atomic E-state index is -0.122. The molecule has 0 aliphatic heterocycles. The minimum Gasteiger partial charge on any atom is -0.395 e. The lowest BCUT2D eigenvalue weighted by molar-refractivity contribution is 0.283. The quantitative estimate of drug-likeness (QED) is 0.874. The molecule has 0 unspecified atom stereocenters. The van der Waals surface area contributed by atoms with Crippen LogP contribution in [0.15, 0.2) is 10.9 Å². The van der Waals surface area contributed by atoms with Crippen molar-refractivity contribution in [2.75, 3.05) is 18.1 Å². The lowest BCUT2D eigenvalue weighted by atomic mass is 9.92. The molecule has 1 saturated carbocycles. The van der Waals surface area contributed by atoms with Gasteiger partial charge in [0.15, 0.2) is 0 Å². The van der Waals surface area contributed by atoms with Gasteiger partial charge in [-0.15, -0.1) is 5.10 Å². The smallest absolute Gasteiger partial charge is 0.275 e. The van der Waals surface area contributed by atoms with Crippen molar-refractivity contribution in [1.29, 1.82) is 0 Å². The molecule has 114 valence electrons. The summed E-state index contributed by atoms with van der Waals surface area (Å²) in [5, 5.41) is 14.5. The summed E-state index contributed by atoms with van der Waals surface area (Å²) in [6.45, 7) is 2.72. The van der Waals surface area contributed by atoms with Crippen LogP contribution in [0.5, 0.6) is 0 Å². The fourth-order valence-electron chi connectivity index (χ4n) is 2.59. The van der Waals surface area contributed by atoms with Gasteiger partial charge in [-0.1, -0.05) is 24.7 Å². The Morgan fingerprint density at radius 3 is 2.95 bits per heavy atom. The highest BCUT2D eigenvalue weighted by molar-refractivity contribution is 7.20. The van der Waals surface area contributed by atoms with E-state index in [0.29, 0.717) is 17.5 Å². The lowest BCUT2D eigenvalue weighted by Gasteiger charge is -2.36. The van der Waals surface area contributed by atoms with E-state index in [-0.39, 0.29) is 12.2 Å². The molecule has 1 aliphatic rings. The van der Waals surface area contributed by atoms with Gasteiger partial charge in [-0.05, 0) is 25.7 Å². The summed E-state index contributed by atoms with van der Waals surface area (Å²) >= 11 is 1.43. The van der Waals surface area contributed by atoms with Gasteiger partial charge < -0.3 is 10.0 Å². The second kappa shape index (κ2) is 6.11. The van der Waals surface area contributed by atoms with E-state index in [1.54, 1.807) is 6.07 Å². The summed E-state index contributed by atoms with van der Waals surface area (Å²) < 4.78 is 1.38. The largest absolute Gasteiger partial charge is 0.395 e. The molecule has 6 nitrogen and oxygen atoms in total. The summed E-state index contributed by atoms with van der Waals surface area (Å²) in [6, 6.07) is 2.00. The lowest BCUT2D eigenvalue weighted by Crippen LogP contribution is -2.42. The van der Waals surface area contributed by atoms with Gasteiger partial charge in [0.05, 0.1) is 6.61 Å². The second-order valence-corrected chi connectivity index (χ2v) is 6.35. The van der Waals surface area contributed by atoms with Gasteiger partial charge in [-0.2, -0.15) is 4.52 Å². The maximum atomic E-state index is 12.1. The molecule has 1 fully saturated rings. The predicted molar refractivity (Wildman–Crippen MR) is 83.2 cm³/mol. The van der Waals surface area contributed by atoms with Crippen LogP contribution < -0.4 is 10.5 Å². The first-order valence-corrected chi connectivity index (χ1v) is 8.32. The van der Waals surface area contributed by atoms with Crippen molar-refractivity contribution in [2.45, 2.75) is 45.1 Å². The van der Waals surface area contributed by atoms with Crippen molar-refractivity contribution in [3.8, 4) is 0 Å². The molecule has 0 amide bonds. The molecule has 0 radical (unpaired) electrons. The van der Waals surface area contributed by atoms with Gasteiger partial charge in [0, 0.05) is 24.3 Å². The normalized spacial score (nSPS) is 15.3. The van der Waals surface area contributed by atoms with Crippen molar-refractivity contribution >= 4 is 21.4 Å². The Balaban J connectivity index is 1.98. The third-order valence-corrected chi connectivity index (χ3v) is 4.84. The first-order valence-electron chi connectivity index (χ1n) is 7.50. The van der Waals surface area contributed by atoms with E-state index in [9.17, 15) is 9.90 Å². The molecule has 1 aliphatic carbocycles. The van der Waals surface area contributed by atoms with E-state index >= 15 is 0 Å². The number of aliphatic hydroxyl groups excluding tert-OH is 1. The number of nitrogens with zero attached hydrogens (tertiary/aromatic N) is 4. The molecule has 0 spiro atoms. The van der Waals surface area contributed by atoms with Crippen LogP contribution in [0.25, 0.3) is 4.96 Å². The van der Waals surface area contributed by atoms with Crippen molar-refractivity contribution < 1.29 is 5.11 Å². The Kier molecular flexibility index (Phi) is 4.21. The summed E-state index contributed by atoms with van der Waals surface area (Å²) in [5.74, 6) is 0. The van der Waals surface area contributed by atoms with Gasteiger partial charge in [-0.3, -0.25) is 4.79 Å². The second-order valence-electron chi connectivity index (χ2n) is 5.42. The van der Waals surface area contributed by atoms with Gasteiger partial charge in [0.25, 0.3) is 5.56 Å². The van der Waals surface area contributed by atoms with Gasteiger partial charge in [-0.25, -0.2) is 4.98 Å². The van der Waals surface area contributed by atoms with E-state index in [0.717, 1.165) is 36.5 Å². The van der Waals surface area contributed by atoms with E-state index in [1.807, 2.05) is 0 Å². The average molecular weight is 308 g/mol. The zero-order chi connectivity index (χ0) is 14.8. The number of aryl methyl sites for hydroxylation is 1. The molecule has 3 rings (SSSR count). The Bertz CT molecular complexity index is 677. The highest BCUT2D eigenvalue weighted by Crippen LogP contribution is 2.31. The third kappa shape index (κ3) is 2.80. The van der Waals surface area contributed by atoms with Crippen molar-refractivity contribution in [2.24, 2.45) is 0 Å². The van der Waals surface area contributed by atoms with E-state index in [1.165, 1.54) is 22.3 Å². The predicted octanol–water partition coefficient (Wildman–Crippen LogP) is 1.45. The van der Waals surface area contributed by atoms with Crippen LogP contribution in [-0.2, 0) is 6.42 Å². The third-order valence-electron chi connectivity index (χ3n) is 3.90. The Labute approximate surface area is 127 Å². The number of anilines is 1. The highest BCUT2D eigenvalue weighted by atomic mass is 32.1. The molecule has 2 aromatic rings. The first-order chi connectivity index (χ1) is 10.2. The van der Waals surface area contributed by atoms with Gasteiger partial charge in [0.2, 0.25) is 10.1 Å². The van der Waals surface area contributed by atoms with E-state index < -0.39 is 0 Å². The average Bonchev–Trinajstić information content (AvgIpc) is 2.81. The molecular weight excluding hydrogens is 288 g/mol. The topological polar surface area (TPSA) is 70.7 Å². The van der Waals surface area contributed by atoms with Crippen molar-refractivity contribution in [3.05, 3.63) is 22.1 Å². The SMILES string of the molecule is CCCc1cc(=O)n2nc(N(CCO)C3CCC3)sc2n1. The molecule has 2 aromatic heterocycles. The number of hydrogen-bond acceptors (Lipinski definition) is 6. The molecule has 0 bridgehead atoms. The van der Waals surface area contributed by atoms with Crippen molar-refractivity contribution in [1.82, 2.24) is 14.6 Å². The summed E-state index contributed by atoms with van der Waals surface area (Å²) in [5.41, 5.74) is 0.707. The molecule has 1 N–H and O–H groups in total. The number of aliphatic hydroxyl groups is 1. The zero-order valence-corrected chi connectivity index (χ0v) is 13.0. The van der Waals surface area contributed by atoms with Gasteiger partial charge >= 0.3 is 0 Å². The summed E-state index contributed by atoms with van der Waals surface area (Å²) in [7, 11) is 0. The Hall–Kier alpha value is -1.47. The molecule has 21 heavy (non-hydrogen) atoms. The Morgan fingerprint density at radius 2 is 2.33 bits per heavy atom. The number of hydrogen-bond donors (Lipinski definition) is 1. The molecule has 2 heterocycles. The number of aromatic nitrogens is 3. The van der Waals surface area contributed by atoms with Crippen LogP contribution >= 0.6 is 11.3 Å². The standard InChI is InChI=1S/C14H20N4O2S/c1-2-4-10-9-12(20)18-13(15-10)21-14(16-18)17(7-8-19)11-5-3-6-11/h9,11,19H,2-8H2,1H3. The van der Waals surface area contributed by atoms with Gasteiger partial charge in [0.1, 0.15) is 0 Å². The fourth-order valence-corrected chi connectivity index (χ4v) is 3.61. The summed E-state index contributed by atoms with van der Waals surface area (Å²) in [6.07, 6.45) is 5.24. The first kappa shape index (κ1) is 14.5. The fraction of sp³-hybridized carbons (Fsp3) is 0.643. The molecule has 0 aromatic carbocycles. The van der Waals surface area contributed by atoms with Crippen LogP contribution in [0.3, 0.4) is 0 Å². The van der Waals surface area contributed by atoms with E-state index in [2.05, 4.69) is 21.9 Å². The molecular formula is C14H20N4O2S. The minimum absolute atomic E-state index is 0.0931. The van der Waals surface area contributed by atoms with Crippen LogP contribution in [0.1, 0.15) is 38.3 Å². The molecule has 0 saturated heterocycles. The summed E-state index contributed by atoms with van der Waals surface area (Å²) in [4.78, 5) is 19.4. The van der Waals surface area contributed by atoms with Crippen LogP contribution in [-0.4, -0.2) is 38.9 Å². The van der Waals surface area contributed by atoms with Crippen LogP contribution in [0.2, 0.25) is 0 Å². The highest BCUT2D eigenvalue weighted by Gasteiger charge is 2.27. The molecule has 7 heteroatoms.